The number of carbonyl (C=O) groups excluding carboxylic acids is 2. The van der Waals surface area contributed by atoms with E-state index in [9.17, 15) is 14.7 Å². The van der Waals surface area contributed by atoms with Crippen molar-refractivity contribution < 1.29 is 19.4 Å². The Bertz CT molecular complexity index is 766. The average molecular weight is 330 g/mol. The quantitative estimate of drug-likeness (QED) is 0.707. The highest BCUT2D eigenvalue weighted by atomic mass is 32.2. The van der Waals surface area contributed by atoms with E-state index in [1.54, 1.807) is 47.0 Å². The van der Waals surface area contributed by atoms with Gasteiger partial charge in [-0.05, 0) is 12.1 Å². The van der Waals surface area contributed by atoms with Crippen LogP contribution >= 0.6 is 11.8 Å². The molecule has 4 aliphatic rings. The lowest BCUT2D eigenvalue weighted by atomic mass is 9.96. The number of benzene rings is 1. The first-order valence-electron chi connectivity index (χ1n) is 7.50. The summed E-state index contributed by atoms with van der Waals surface area (Å²) in [6.45, 7) is 0. The van der Waals surface area contributed by atoms with E-state index in [4.69, 9.17) is 4.74 Å². The zero-order valence-corrected chi connectivity index (χ0v) is 12.9. The Labute approximate surface area is 136 Å². The fourth-order valence-corrected chi connectivity index (χ4v) is 4.95. The molecule has 23 heavy (non-hydrogen) atoms. The van der Waals surface area contributed by atoms with Crippen LogP contribution in [-0.2, 0) is 14.3 Å². The molecule has 7 heteroatoms. The highest BCUT2D eigenvalue weighted by molar-refractivity contribution is 7.99. The number of anilines is 1. The van der Waals surface area contributed by atoms with E-state index < -0.39 is 24.0 Å². The molecule has 2 amide bonds. The maximum Gasteiger partial charge on any atom is 0.282 e. The Morgan fingerprint density at radius 2 is 2.13 bits per heavy atom. The maximum absolute atomic E-state index is 13.1. The fourth-order valence-electron chi connectivity index (χ4n) is 3.81. The molecule has 1 N–H and O–H groups in total. The Balaban J connectivity index is 1.78. The van der Waals surface area contributed by atoms with Crippen molar-refractivity contribution in [2.75, 3.05) is 16.5 Å². The normalized spacial score (nSPS) is 37.5. The Kier molecular flexibility index (Phi) is 2.58. The third kappa shape index (κ3) is 1.52. The number of nitrogens with zero attached hydrogens (tertiary/aromatic N) is 2. The molecule has 0 radical (unpaired) electrons. The first kappa shape index (κ1) is 13.6. The van der Waals surface area contributed by atoms with Gasteiger partial charge in [0.05, 0.1) is 11.6 Å². The number of hydrogen-bond donors (Lipinski definition) is 1. The minimum Gasteiger partial charge on any atom is -0.385 e. The van der Waals surface area contributed by atoms with E-state index in [-0.39, 0.29) is 11.8 Å². The molecule has 0 aliphatic carbocycles. The Morgan fingerprint density at radius 3 is 3.00 bits per heavy atom. The molecule has 118 valence electrons. The largest absolute Gasteiger partial charge is 0.385 e. The van der Waals surface area contributed by atoms with Crippen LogP contribution in [0.5, 0.6) is 0 Å². The van der Waals surface area contributed by atoms with E-state index in [0.717, 1.165) is 0 Å². The maximum atomic E-state index is 13.1. The van der Waals surface area contributed by atoms with Gasteiger partial charge in [-0.2, -0.15) is 0 Å². The van der Waals surface area contributed by atoms with Gasteiger partial charge in [0.25, 0.3) is 11.8 Å². The van der Waals surface area contributed by atoms with Crippen molar-refractivity contribution >= 4 is 29.3 Å². The molecule has 0 saturated carbocycles. The molecule has 2 bridgehead atoms. The van der Waals surface area contributed by atoms with Crippen molar-refractivity contribution in [1.29, 1.82) is 0 Å². The minimum atomic E-state index is -1.46. The summed E-state index contributed by atoms with van der Waals surface area (Å²) in [5.74, 6) is 0.711. The van der Waals surface area contributed by atoms with Crippen molar-refractivity contribution in [1.82, 2.24) is 4.90 Å². The zero-order valence-electron chi connectivity index (χ0n) is 12.1. The molecule has 2 fully saturated rings. The Hall–Kier alpha value is -1.83. The third-order valence-electron chi connectivity index (χ3n) is 4.92. The lowest BCUT2D eigenvalue weighted by molar-refractivity contribution is -0.168. The lowest BCUT2D eigenvalue weighted by Crippen LogP contribution is -2.70. The number of fused-ring (bicyclic) bond motifs is 4. The summed E-state index contributed by atoms with van der Waals surface area (Å²) in [5, 5.41) is 10.6. The van der Waals surface area contributed by atoms with Gasteiger partial charge in [0, 0.05) is 11.3 Å². The number of rotatable bonds is 0. The summed E-state index contributed by atoms with van der Waals surface area (Å²) in [4.78, 5) is 29.3. The van der Waals surface area contributed by atoms with E-state index >= 15 is 0 Å². The van der Waals surface area contributed by atoms with Crippen molar-refractivity contribution in [3.8, 4) is 0 Å². The number of thioether (sulfide) groups is 1. The highest BCUT2D eigenvalue weighted by Crippen LogP contribution is 2.48. The van der Waals surface area contributed by atoms with Gasteiger partial charge in [0.2, 0.25) is 5.72 Å². The number of amides is 2. The number of aliphatic hydroxyl groups is 1. The topological polar surface area (TPSA) is 70.1 Å². The van der Waals surface area contributed by atoms with Crippen LogP contribution in [0.3, 0.4) is 0 Å². The van der Waals surface area contributed by atoms with Crippen molar-refractivity contribution in [2.24, 2.45) is 0 Å². The first-order chi connectivity index (χ1) is 11.1. The minimum absolute atomic E-state index is 0.151. The fraction of sp³-hybridized carbons (Fsp3) is 0.375. The predicted octanol–water partition coefficient (Wildman–Crippen LogP) is 0.633. The molecule has 1 aromatic carbocycles. The van der Waals surface area contributed by atoms with Gasteiger partial charge in [0.15, 0.2) is 0 Å². The standard InChI is InChI=1S/C16H14N2O4S/c19-13-9-3-1-2-4-10(9)18-14(20)11-7-23-8-17(11)15(21)16(18)6-5-12(13)22-16/h1-6,11-13,19H,7-8H2/t11-,12-,13?,16-/m0/s1. The second kappa shape index (κ2) is 4.37. The molecule has 1 aromatic rings. The molecule has 5 rings (SSSR count). The van der Waals surface area contributed by atoms with Gasteiger partial charge in [0.1, 0.15) is 18.2 Å². The highest BCUT2D eigenvalue weighted by Gasteiger charge is 2.62. The van der Waals surface area contributed by atoms with E-state index in [1.165, 1.54) is 4.90 Å². The van der Waals surface area contributed by atoms with E-state index in [2.05, 4.69) is 0 Å². The smallest absolute Gasteiger partial charge is 0.282 e. The lowest BCUT2D eigenvalue weighted by Gasteiger charge is -2.46. The molecule has 6 nitrogen and oxygen atoms in total. The third-order valence-corrected chi connectivity index (χ3v) is 5.93. The van der Waals surface area contributed by atoms with Gasteiger partial charge in [-0.15, -0.1) is 11.8 Å². The molecule has 4 atom stereocenters. The number of hydrogen-bond acceptors (Lipinski definition) is 5. The van der Waals surface area contributed by atoms with E-state index in [0.29, 0.717) is 22.9 Å². The number of para-hydroxylation sites is 1. The van der Waals surface area contributed by atoms with Crippen molar-refractivity contribution in [2.45, 2.75) is 24.0 Å². The van der Waals surface area contributed by atoms with Crippen LogP contribution in [-0.4, -0.2) is 51.3 Å². The summed E-state index contributed by atoms with van der Waals surface area (Å²) in [5.41, 5.74) is -0.290. The first-order valence-corrected chi connectivity index (χ1v) is 8.66. The molecule has 1 spiro atoms. The van der Waals surface area contributed by atoms with Crippen LogP contribution in [0.4, 0.5) is 5.69 Å². The second-order valence-corrected chi connectivity index (χ2v) is 7.11. The number of piperazine rings is 1. The van der Waals surface area contributed by atoms with Crippen LogP contribution in [0.25, 0.3) is 0 Å². The van der Waals surface area contributed by atoms with Crippen LogP contribution in [0, 0.1) is 0 Å². The van der Waals surface area contributed by atoms with Crippen molar-refractivity contribution in [3.05, 3.63) is 42.0 Å². The molecule has 0 aromatic heterocycles. The average Bonchev–Trinajstić information content (AvgIpc) is 3.19. The van der Waals surface area contributed by atoms with Gasteiger partial charge < -0.3 is 14.7 Å². The molecule has 1 unspecified atom stereocenters. The van der Waals surface area contributed by atoms with Crippen LogP contribution in [0.15, 0.2) is 36.4 Å². The SMILES string of the molecule is O=C1[C@@H]2CSCN2C(=O)[C@]23C=C[C@H](O2)C(O)c2ccccc2N13. The zero-order chi connectivity index (χ0) is 15.8. The number of carbonyl (C=O) groups is 2. The summed E-state index contributed by atoms with van der Waals surface area (Å²) in [6.07, 6.45) is 1.76. The monoisotopic (exact) mass is 330 g/mol. The van der Waals surface area contributed by atoms with E-state index in [1.807, 2.05) is 6.07 Å². The van der Waals surface area contributed by atoms with Crippen LogP contribution in [0.1, 0.15) is 11.7 Å². The molecule has 4 heterocycles. The van der Waals surface area contributed by atoms with Gasteiger partial charge in [-0.1, -0.05) is 24.3 Å². The van der Waals surface area contributed by atoms with Gasteiger partial charge in [-0.25, -0.2) is 0 Å². The summed E-state index contributed by atoms with van der Waals surface area (Å²) in [6, 6.07) is 6.69. The van der Waals surface area contributed by atoms with Crippen molar-refractivity contribution in [3.63, 3.8) is 0 Å². The van der Waals surface area contributed by atoms with Crippen LogP contribution in [0.2, 0.25) is 0 Å². The Morgan fingerprint density at radius 1 is 1.30 bits per heavy atom. The molecule has 4 aliphatic heterocycles. The molecular formula is C16H14N2O4S. The molecule has 2 saturated heterocycles. The number of aliphatic hydroxyl groups excluding tert-OH is 1. The predicted molar refractivity (Wildman–Crippen MR) is 83.6 cm³/mol. The summed E-state index contributed by atoms with van der Waals surface area (Å²) in [7, 11) is 0. The van der Waals surface area contributed by atoms with Crippen LogP contribution < -0.4 is 4.90 Å². The molecular weight excluding hydrogens is 316 g/mol. The summed E-state index contributed by atoms with van der Waals surface area (Å²) >= 11 is 1.57. The van der Waals surface area contributed by atoms with Gasteiger partial charge >= 0.3 is 0 Å². The number of ether oxygens (including phenoxy) is 1. The van der Waals surface area contributed by atoms with Gasteiger partial charge in [-0.3, -0.25) is 14.5 Å². The second-order valence-electron chi connectivity index (χ2n) is 6.11. The summed E-state index contributed by atoms with van der Waals surface area (Å²) < 4.78 is 5.94.